The predicted molar refractivity (Wildman–Crippen MR) is 76.1 cm³/mol. The molecule has 2 amide bonds. The minimum Gasteiger partial charge on any atom is -0.406 e. The van der Waals surface area contributed by atoms with E-state index in [0.717, 1.165) is 23.5 Å². The minimum absolute atomic E-state index is 0.0716. The highest BCUT2D eigenvalue weighted by Gasteiger charge is 2.30. The van der Waals surface area contributed by atoms with Crippen LogP contribution in [0.1, 0.15) is 15.2 Å². The fourth-order valence-electron chi connectivity index (χ4n) is 1.60. The van der Waals surface area contributed by atoms with Gasteiger partial charge in [-0.2, -0.15) is 0 Å². The molecule has 0 atom stereocenters. The molecule has 6 nitrogen and oxygen atoms in total. The molecule has 1 heterocycles. The highest BCUT2D eigenvalue weighted by molar-refractivity contribution is 7.17. The van der Waals surface area contributed by atoms with Crippen LogP contribution in [0, 0.1) is 0 Å². The average Bonchev–Trinajstić information content (AvgIpc) is 2.88. The van der Waals surface area contributed by atoms with E-state index < -0.39 is 18.2 Å². The normalized spacial score (nSPS) is 11.1. The molecule has 0 aliphatic rings. The van der Waals surface area contributed by atoms with Crippen molar-refractivity contribution in [3.05, 3.63) is 40.9 Å². The van der Waals surface area contributed by atoms with Crippen LogP contribution in [0.3, 0.4) is 0 Å². The number of anilines is 1. The van der Waals surface area contributed by atoms with Crippen molar-refractivity contribution < 1.29 is 27.5 Å². The number of halogens is 3. The van der Waals surface area contributed by atoms with Gasteiger partial charge in [0.05, 0.1) is 12.6 Å². The lowest BCUT2D eigenvalue weighted by Crippen LogP contribution is -2.17. The Balaban J connectivity index is 1.93. The quantitative estimate of drug-likeness (QED) is 0.869. The number of hydrogen-bond acceptors (Lipinski definition) is 5. The lowest BCUT2D eigenvalue weighted by molar-refractivity contribution is -0.274. The first-order valence-corrected chi connectivity index (χ1v) is 6.95. The zero-order chi connectivity index (χ0) is 17.0. The summed E-state index contributed by atoms with van der Waals surface area (Å²) in [5.41, 5.74) is 5.56. The van der Waals surface area contributed by atoms with Crippen LogP contribution in [0.25, 0.3) is 0 Å². The second kappa shape index (κ2) is 6.65. The second-order valence-electron chi connectivity index (χ2n) is 4.31. The molecule has 0 spiro atoms. The number of carbonyl (C=O) groups excluding carboxylic acids is 2. The summed E-state index contributed by atoms with van der Waals surface area (Å²) in [6.45, 7) is 0. The van der Waals surface area contributed by atoms with Gasteiger partial charge in [0, 0.05) is 0 Å². The lowest BCUT2D eigenvalue weighted by Gasteiger charge is -2.09. The number of amides is 2. The number of hydrogen-bond donors (Lipinski definition) is 2. The topological polar surface area (TPSA) is 94.3 Å². The highest BCUT2D eigenvalue weighted by atomic mass is 32.1. The molecular formula is C13H10F3N3O3S. The first kappa shape index (κ1) is 16.7. The Labute approximate surface area is 132 Å². The Morgan fingerprint density at radius 3 is 2.43 bits per heavy atom. The summed E-state index contributed by atoms with van der Waals surface area (Å²) in [5, 5.41) is 2.68. The molecule has 122 valence electrons. The van der Waals surface area contributed by atoms with Crippen molar-refractivity contribution in [2.45, 2.75) is 12.8 Å². The van der Waals surface area contributed by atoms with Crippen LogP contribution < -0.4 is 15.8 Å². The van der Waals surface area contributed by atoms with E-state index in [-0.39, 0.29) is 22.2 Å². The van der Waals surface area contributed by atoms with Gasteiger partial charge < -0.3 is 15.8 Å². The van der Waals surface area contributed by atoms with E-state index in [2.05, 4.69) is 15.0 Å². The van der Waals surface area contributed by atoms with Crippen LogP contribution in [0.5, 0.6) is 5.75 Å². The maximum atomic E-state index is 12.0. The zero-order valence-electron chi connectivity index (χ0n) is 11.4. The van der Waals surface area contributed by atoms with Crippen molar-refractivity contribution in [3.63, 3.8) is 0 Å². The SMILES string of the molecule is NC(=O)c1cnc(NC(=O)Cc2ccc(OC(F)(F)F)cc2)s1. The van der Waals surface area contributed by atoms with Gasteiger partial charge in [0.2, 0.25) is 5.91 Å². The van der Waals surface area contributed by atoms with Crippen molar-refractivity contribution >= 4 is 28.3 Å². The second-order valence-corrected chi connectivity index (χ2v) is 5.34. The fraction of sp³-hybridized carbons (Fsp3) is 0.154. The molecule has 2 aromatic rings. The Morgan fingerprint density at radius 2 is 1.91 bits per heavy atom. The van der Waals surface area contributed by atoms with E-state index in [0.29, 0.717) is 5.56 Å². The van der Waals surface area contributed by atoms with Crippen molar-refractivity contribution in [1.82, 2.24) is 4.98 Å². The summed E-state index contributed by atoms with van der Waals surface area (Å²) in [6, 6.07) is 4.92. The number of ether oxygens (including phenoxy) is 1. The zero-order valence-corrected chi connectivity index (χ0v) is 12.2. The van der Waals surface area contributed by atoms with E-state index in [9.17, 15) is 22.8 Å². The number of nitrogens with one attached hydrogen (secondary N) is 1. The average molecular weight is 345 g/mol. The predicted octanol–water partition coefficient (Wildman–Crippen LogP) is 2.32. The molecule has 23 heavy (non-hydrogen) atoms. The maximum Gasteiger partial charge on any atom is 0.573 e. The number of benzene rings is 1. The van der Waals surface area contributed by atoms with Gasteiger partial charge in [-0.1, -0.05) is 23.5 Å². The molecule has 1 aromatic carbocycles. The van der Waals surface area contributed by atoms with Gasteiger partial charge in [0.1, 0.15) is 10.6 Å². The number of carbonyl (C=O) groups is 2. The van der Waals surface area contributed by atoms with Gasteiger partial charge in [-0.25, -0.2) is 4.98 Å². The third-order valence-corrected chi connectivity index (χ3v) is 3.44. The van der Waals surface area contributed by atoms with E-state index in [4.69, 9.17) is 5.73 Å². The molecule has 0 aliphatic carbocycles. The minimum atomic E-state index is -4.76. The third kappa shape index (κ3) is 5.25. The van der Waals surface area contributed by atoms with Gasteiger partial charge in [-0.3, -0.25) is 9.59 Å². The molecule has 0 saturated carbocycles. The Bertz CT molecular complexity index is 713. The van der Waals surface area contributed by atoms with Crippen molar-refractivity contribution in [1.29, 1.82) is 0 Å². The number of nitrogens with zero attached hydrogens (tertiary/aromatic N) is 1. The largest absolute Gasteiger partial charge is 0.573 e. The molecule has 1 aromatic heterocycles. The molecule has 0 radical (unpaired) electrons. The van der Waals surface area contributed by atoms with Gasteiger partial charge in [0.15, 0.2) is 5.13 Å². The van der Waals surface area contributed by atoms with Crippen LogP contribution in [-0.2, 0) is 11.2 Å². The first-order valence-electron chi connectivity index (χ1n) is 6.13. The summed E-state index contributed by atoms with van der Waals surface area (Å²) in [5.74, 6) is -1.45. The number of nitrogens with two attached hydrogens (primary N) is 1. The summed E-state index contributed by atoms with van der Waals surface area (Å²) >= 11 is 0.926. The number of primary amides is 1. The summed E-state index contributed by atoms with van der Waals surface area (Å²) in [6.07, 6.45) is -3.59. The monoisotopic (exact) mass is 345 g/mol. The Hall–Kier alpha value is -2.62. The van der Waals surface area contributed by atoms with Crippen LogP contribution in [0.4, 0.5) is 18.3 Å². The molecular weight excluding hydrogens is 335 g/mol. The Kier molecular flexibility index (Phi) is 4.84. The summed E-state index contributed by atoms with van der Waals surface area (Å²) in [4.78, 5) is 26.7. The first-order chi connectivity index (χ1) is 10.7. The number of aromatic nitrogens is 1. The van der Waals surface area contributed by atoms with Crippen molar-refractivity contribution in [2.24, 2.45) is 5.73 Å². The maximum absolute atomic E-state index is 12.0. The molecule has 0 unspecified atom stereocenters. The smallest absolute Gasteiger partial charge is 0.406 e. The van der Waals surface area contributed by atoms with Crippen molar-refractivity contribution in [2.75, 3.05) is 5.32 Å². The van der Waals surface area contributed by atoms with Gasteiger partial charge in [-0.05, 0) is 17.7 Å². The molecule has 2 rings (SSSR count). The van der Waals surface area contributed by atoms with Gasteiger partial charge in [0.25, 0.3) is 5.91 Å². The lowest BCUT2D eigenvalue weighted by atomic mass is 10.1. The van der Waals surface area contributed by atoms with Crippen LogP contribution in [0.15, 0.2) is 30.5 Å². The van der Waals surface area contributed by atoms with Gasteiger partial charge in [-0.15, -0.1) is 13.2 Å². The van der Waals surface area contributed by atoms with Gasteiger partial charge >= 0.3 is 6.36 Å². The number of rotatable bonds is 5. The highest BCUT2D eigenvalue weighted by Crippen LogP contribution is 2.23. The van der Waals surface area contributed by atoms with Crippen LogP contribution in [-0.4, -0.2) is 23.2 Å². The van der Waals surface area contributed by atoms with E-state index in [1.54, 1.807) is 0 Å². The molecule has 0 fully saturated rings. The standard InChI is InChI=1S/C13H10F3N3O3S/c14-13(15,16)22-8-3-1-7(2-4-8)5-10(20)19-12-18-6-9(23-12)11(17)21/h1-4,6H,5H2,(H2,17,21)(H,18,19,20). The fourth-order valence-corrected chi connectivity index (χ4v) is 2.29. The van der Waals surface area contributed by atoms with E-state index in [1.807, 2.05) is 0 Å². The van der Waals surface area contributed by atoms with E-state index in [1.165, 1.54) is 18.3 Å². The molecule has 3 N–H and O–H groups in total. The third-order valence-electron chi connectivity index (χ3n) is 2.52. The molecule has 0 bridgehead atoms. The number of thiazole rings is 1. The van der Waals surface area contributed by atoms with Crippen LogP contribution >= 0.6 is 11.3 Å². The van der Waals surface area contributed by atoms with Crippen molar-refractivity contribution in [3.8, 4) is 5.75 Å². The van der Waals surface area contributed by atoms with Crippen LogP contribution in [0.2, 0.25) is 0 Å². The Morgan fingerprint density at radius 1 is 1.26 bits per heavy atom. The summed E-state index contributed by atoms with van der Waals surface area (Å²) < 4.78 is 39.8. The van der Waals surface area contributed by atoms with E-state index >= 15 is 0 Å². The molecule has 10 heteroatoms. The molecule has 0 saturated heterocycles. The number of alkyl halides is 3. The summed E-state index contributed by atoms with van der Waals surface area (Å²) in [7, 11) is 0. The molecule has 0 aliphatic heterocycles.